The third-order valence-electron chi connectivity index (χ3n) is 3.80. The minimum Gasteiger partial charge on any atom is -0.378 e. The van der Waals surface area contributed by atoms with Crippen molar-refractivity contribution >= 4 is 21.6 Å². The highest BCUT2D eigenvalue weighted by Crippen LogP contribution is 2.33. The summed E-state index contributed by atoms with van der Waals surface area (Å²) in [5.41, 5.74) is 0. The van der Waals surface area contributed by atoms with Crippen LogP contribution in [0.1, 0.15) is 19.3 Å². The van der Waals surface area contributed by atoms with E-state index in [1.54, 1.807) is 28.6 Å². The van der Waals surface area contributed by atoms with Crippen molar-refractivity contribution in [2.75, 3.05) is 13.2 Å². The van der Waals surface area contributed by atoms with Crippen LogP contribution in [0.15, 0.2) is 29.2 Å². The highest BCUT2D eigenvalue weighted by Gasteiger charge is 2.42. The SMILES string of the molecule is O=S(=O)(c1ccc(Cl)cc1)N1C2CCCC1COC2. The van der Waals surface area contributed by atoms with Gasteiger partial charge in [0.05, 0.1) is 18.1 Å². The van der Waals surface area contributed by atoms with Crippen molar-refractivity contribution in [3.63, 3.8) is 0 Å². The zero-order valence-electron chi connectivity index (χ0n) is 10.5. The molecule has 0 N–H and O–H groups in total. The molecular weight excluding hydrogens is 286 g/mol. The predicted molar refractivity (Wildman–Crippen MR) is 72.7 cm³/mol. The summed E-state index contributed by atoms with van der Waals surface area (Å²) in [5, 5.41) is 0.543. The van der Waals surface area contributed by atoms with Crippen LogP contribution in [0.4, 0.5) is 0 Å². The van der Waals surface area contributed by atoms with Gasteiger partial charge in [0.15, 0.2) is 0 Å². The standard InChI is InChI=1S/C13H16ClNO3S/c14-10-4-6-13(7-5-10)19(16,17)15-11-2-1-3-12(15)9-18-8-11/h4-7,11-12H,1-3,8-9H2. The molecule has 2 atom stereocenters. The second-order valence-corrected chi connectivity index (χ2v) is 7.34. The maximum Gasteiger partial charge on any atom is 0.243 e. The van der Waals surface area contributed by atoms with Gasteiger partial charge in [0, 0.05) is 17.1 Å². The Labute approximate surface area is 118 Å². The van der Waals surface area contributed by atoms with Crippen molar-refractivity contribution in [2.45, 2.75) is 36.2 Å². The van der Waals surface area contributed by atoms with Crippen molar-refractivity contribution in [1.29, 1.82) is 0 Å². The van der Waals surface area contributed by atoms with E-state index >= 15 is 0 Å². The third-order valence-corrected chi connectivity index (χ3v) is 6.08. The molecule has 2 aliphatic heterocycles. The second kappa shape index (κ2) is 5.05. The number of fused-ring (bicyclic) bond motifs is 2. The molecule has 3 rings (SSSR count). The molecule has 0 aromatic heterocycles. The second-order valence-electron chi connectivity index (χ2n) is 5.06. The number of hydrogen-bond donors (Lipinski definition) is 0. The molecule has 2 bridgehead atoms. The Morgan fingerprint density at radius 3 is 2.26 bits per heavy atom. The predicted octanol–water partition coefficient (Wildman–Crippen LogP) is 2.28. The van der Waals surface area contributed by atoms with Crippen LogP contribution in [0.2, 0.25) is 5.02 Å². The number of hydrogen-bond acceptors (Lipinski definition) is 3. The molecule has 4 nitrogen and oxygen atoms in total. The van der Waals surface area contributed by atoms with Crippen LogP contribution in [0.3, 0.4) is 0 Å². The Bertz CT molecular complexity index is 536. The van der Waals surface area contributed by atoms with E-state index in [1.807, 2.05) is 0 Å². The summed E-state index contributed by atoms with van der Waals surface area (Å²) in [6.45, 7) is 1.01. The summed E-state index contributed by atoms with van der Waals surface area (Å²) < 4.78 is 32.6. The molecule has 0 amide bonds. The molecule has 2 heterocycles. The third kappa shape index (κ3) is 2.40. The number of nitrogens with zero attached hydrogens (tertiary/aromatic N) is 1. The first-order valence-corrected chi connectivity index (χ1v) is 8.28. The lowest BCUT2D eigenvalue weighted by atomic mass is 9.98. The van der Waals surface area contributed by atoms with Gasteiger partial charge in [-0.25, -0.2) is 8.42 Å². The van der Waals surface area contributed by atoms with Crippen molar-refractivity contribution in [3.05, 3.63) is 29.3 Å². The lowest BCUT2D eigenvalue weighted by molar-refractivity contribution is -0.0297. The summed E-state index contributed by atoms with van der Waals surface area (Å²) in [6, 6.07) is 6.34. The summed E-state index contributed by atoms with van der Waals surface area (Å²) in [5.74, 6) is 0. The molecule has 2 aliphatic rings. The zero-order valence-corrected chi connectivity index (χ0v) is 12.0. The molecular formula is C13H16ClNO3S. The number of halogens is 1. The van der Waals surface area contributed by atoms with E-state index in [0.717, 1.165) is 19.3 Å². The average Bonchev–Trinajstić information content (AvgIpc) is 2.38. The van der Waals surface area contributed by atoms with Gasteiger partial charge in [-0.15, -0.1) is 0 Å². The molecule has 2 saturated heterocycles. The largest absolute Gasteiger partial charge is 0.378 e. The van der Waals surface area contributed by atoms with Gasteiger partial charge >= 0.3 is 0 Å². The average molecular weight is 302 g/mol. The van der Waals surface area contributed by atoms with Gasteiger partial charge in [-0.3, -0.25) is 0 Å². The Morgan fingerprint density at radius 2 is 1.68 bits per heavy atom. The van der Waals surface area contributed by atoms with Crippen LogP contribution < -0.4 is 0 Å². The quantitative estimate of drug-likeness (QED) is 0.842. The summed E-state index contributed by atoms with van der Waals surface area (Å²) in [6.07, 6.45) is 2.83. The Balaban J connectivity index is 1.97. The normalized spacial score (nSPS) is 28.3. The van der Waals surface area contributed by atoms with Crippen LogP contribution in [0.25, 0.3) is 0 Å². The van der Waals surface area contributed by atoms with Crippen LogP contribution in [-0.2, 0) is 14.8 Å². The minimum atomic E-state index is -3.44. The highest BCUT2D eigenvalue weighted by molar-refractivity contribution is 7.89. The zero-order chi connectivity index (χ0) is 13.5. The van der Waals surface area contributed by atoms with Gasteiger partial charge in [0.25, 0.3) is 0 Å². The van der Waals surface area contributed by atoms with Crippen molar-refractivity contribution in [1.82, 2.24) is 4.31 Å². The summed E-state index contributed by atoms with van der Waals surface area (Å²) in [4.78, 5) is 0.315. The van der Waals surface area contributed by atoms with E-state index in [2.05, 4.69) is 0 Å². The van der Waals surface area contributed by atoms with E-state index in [9.17, 15) is 8.42 Å². The van der Waals surface area contributed by atoms with Crippen molar-refractivity contribution in [3.8, 4) is 0 Å². The van der Waals surface area contributed by atoms with Crippen LogP contribution >= 0.6 is 11.6 Å². The molecule has 0 aliphatic carbocycles. The minimum absolute atomic E-state index is 0.0202. The Kier molecular flexibility index (Phi) is 3.55. The first-order chi connectivity index (χ1) is 9.09. The van der Waals surface area contributed by atoms with Crippen LogP contribution in [-0.4, -0.2) is 38.0 Å². The fourth-order valence-corrected chi connectivity index (χ4v) is 4.88. The number of sulfonamides is 1. The maximum atomic E-state index is 12.7. The number of rotatable bonds is 2. The number of benzene rings is 1. The van der Waals surface area contributed by atoms with E-state index < -0.39 is 10.0 Å². The topological polar surface area (TPSA) is 46.6 Å². The van der Waals surface area contributed by atoms with Gasteiger partial charge in [-0.2, -0.15) is 4.31 Å². The van der Waals surface area contributed by atoms with Crippen molar-refractivity contribution in [2.24, 2.45) is 0 Å². The molecule has 104 valence electrons. The number of morpholine rings is 1. The maximum absolute atomic E-state index is 12.7. The Hall–Kier alpha value is -0.620. The van der Waals surface area contributed by atoms with Crippen LogP contribution in [0.5, 0.6) is 0 Å². The molecule has 0 spiro atoms. The molecule has 19 heavy (non-hydrogen) atoms. The summed E-state index contributed by atoms with van der Waals surface area (Å²) in [7, 11) is -3.44. The monoisotopic (exact) mass is 301 g/mol. The Morgan fingerprint density at radius 1 is 1.11 bits per heavy atom. The number of ether oxygens (including phenoxy) is 1. The highest BCUT2D eigenvalue weighted by atomic mass is 35.5. The van der Waals surface area contributed by atoms with Crippen LogP contribution in [0, 0.1) is 0 Å². The van der Waals surface area contributed by atoms with Gasteiger partial charge in [0.2, 0.25) is 10.0 Å². The molecule has 1 aromatic rings. The smallest absolute Gasteiger partial charge is 0.243 e. The van der Waals surface area contributed by atoms with Gasteiger partial charge in [-0.1, -0.05) is 18.0 Å². The molecule has 1 aromatic carbocycles. The summed E-state index contributed by atoms with van der Waals surface area (Å²) >= 11 is 5.81. The lowest BCUT2D eigenvalue weighted by Crippen LogP contribution is -2.57. The molecule has 6 heteroatoms. The van der Waals surface area contributed by atoms with E-state index in [0.29, 0.717) is 23.1 Å². The van der Waals surface area contributed by atoms with E-state index in [1.165, 1.54) is 0 Å². The number of piperidine rings is 1. The van der Waals surface area contributed by atoms with Gasteiger partial charge < -0.3 is 4.74 Å². The lowest BCUT2D eigenvalue weighted by Gasteiger charge is -2.44. The molecule has 0 saturated carbocycles. The first-order valence-electron chi connectivity index (χ1n) is 6.46. The molecule has 0 radical (unpaired) electrons. The fourth-order valence-electron chi connectivity index (χ4n) is 2.92. The van der Waals surface area contributed by atoms with Gasteiger partial charge in [0.1, 0.15) is 0 Å². The van der Waals surface area contributed by atoms with E-state index in [4.69, 9.17) is 16.3 Å². The van der Waals surface area contributed by atoms with E-state index in [-0.39, 0.29) is 12.1 Å². The fraction of sp³-hybridized carbons (Fsp3) is 0.538. The molecule has 2 fully saturated rings. The first kappa shape index (κ1) is 13.4. The van der Waals surface area contributed by atoms with Gasteiger partial charge in [-0.05, 0) is 37.1 Å². The molecule has 2 unspecified atom stereocenters. The van der Waals surface area contributed by atoms with Crippen molar-refractivity contribution < 1.29 is 13.2 Å².